The summed E-state index contributed by atoms with van der Waals surface area (Å²) in [5.41, 5.74) is 0.583. The molecule has 2 heterocycles. The summed E-state index contributed by atoms with van der Waals surface area (Å²) in [6.45, 7) is 6.05. The van der Waals surface area contributed by atoms with Gasteiger partial charge in [0.2, 0.25) is 0 Å². The number of nitrogens with zero attached hydrogens (tertiary/aromatic N) is 2. The van der Waals surface area contributed by atoms with Crippen molar-refractivity contribution in [1.29, 1.82) is 0 Å². The van der Waals surface area contributed by atoms with Gasteiger partial charge in [0.05, 0.1) is 17.9 Å². The SMILES string of the molecule is CCO[C@@H]1CN(Cc2cc(=O)[nH]c(C)n2)C[C@H]1O. The van der Waals surface area contributed by atoms with Crippen molar-refractivity contribution in [3.8, 4) is 0 Å². The summed E-state index contributed by atoms with van der Waals surface area (Å²) < 4.78 is 5.45. The zero-order chi connectivity index (χ0) is 13.1. The van der Waals surface area contributed by atoms with Crippen molar-refractivity contribution in [3.63, 3.8) is 0 Å². The van der Waals surface area contributed by atoms with Gasteiger partial charge in [0.15, 0.2) is 0 Å². The van der Waals surface area contributed by atoms with Crippen molar-refractivity contribution in [2.45, 2.75) is 32.6 Å². The van der Waals surface area contributed by atoms with Crippen LogP contribution < -0.4 is 5.56 Å². The van der Waals surface area contributed by atoms with Gasteiger partial charge in [-0.2, -0.15) is 0 Å². The minimum atomic E-state index is -0.465. The molecule has 0 radical (unpaired) electrons. The summed E-state index contributed by atoms with van der Waals surface area (Å²) in [5, 5.41) is 9.82. The van der Waals surface area contributed by atoms with Gasteiger partial charge in [-0.1, -0.05) is 0 Å². The largest absolute Gasteiger partial charge is 0.389 e. The van der Waals surface area contributed by atoms with Gasteiger partial charge in [0, 0.05) is 32.3 Å². The summed E-state index contributed by atoms with van der Waals surface area (Å²) in [6, 6.07) is 1.49. The third-order valence-electron chi connectivity index (χ3n) is 2.99. The second-order valence-electron chi connectivity index (χ2n) is 4.58. The Bertz CT molecular complexity index is 460. The number of hydrogen-bond donors (Lipinski definition) is 2. The van der Waals surface area contributed by atoms with Gasteiger partial charge in [-0.3, -0.25) is 9.69 Å². The first-order chi connectivity index (χ1) is 8.58. The predicted molar refractivity (Wildman–Crippen MR) is 66.3 cm³/mol. The van der Waals surface area contributed by atoms with E-state index in [4.69, 9.17) is 4.74 Å². The Hall–Kier alpha value is -1.24. The van der Waals surface area contributed by atoms with E-state index in [9.17, 15) is 9.90 Å². The number of aliphatic hydroxyl groups is 1. The quantitative estimate of drug-likeness (QED) is 0.767. The molecule has 0 bridgehead atoms. The fourth-order valence-electron chi connectivity index (χ4n) is 2.29. The Labute approximate surface area is 106 Å². The van der Waals surface area contributed by atoms with Crippen LogP contribution in [-0.4, -0.2) is 51.9 Å². The van der Waals surface area contributed by atoms with Crippen LogP contribution in [0, 0.1) is 6.92 Å². The molecule has 1 aromatic rings. The van der Waals surface area contributed by atoms with Gasteiger partial charge in [-0.15, -0.1) is 0 Å². The van der Waals surface area contributed by atoms with Crippen molar-refractivity contribution >= 4 is 0 Å². The lowest BCUT2D eigenvalue weighted by Crippen LogP contribution is -2.26. The Morgan fingerprint density at radius 2 is 2.39 bits per heavy atom. The molecule has 2 rings (SSSR count). The zero-order valence-corrected chi connectivity index (χ0v) is 10.7. The van der Waals surface area contributed by atoms with Crippen LogP contribution in [0.4, 0.5) is 0 Å². The van der Waals surface area contributed by atoms with Crippen LogP contribution in [0.1, 0.15) is 18.4 Å². The normalized spacial score (nSPS) is 24.6. The first-order valence-electron chi connectivity index (χ1n) is 6.17. The van der Waals surface area contributed by atoms with Gasteiger partial charge >= 0.3 is 0 Å². The van der Waals surface area contributed by atoms with Crippen molar-refractivity contribution in [3.05, 3.63) is 27.9 Å². The maximum atomic E-state index is 11.3. The number of aliphatic hydroxyl groups excluding tert-OH is 1. The molecule has 1 fully saturated rings. The maximum absolute atomic E-state index is 11.3. The molecule has 0 amide bonds. The van der Waals surface area contributed by atoms with Crippen LogP contribution >= 0.6 is 0 Å². The highest BCUT2D eigenvalue weighted by Crippen LogP contribution is 2.15. The molecule has 0 aromatic carbocycles. The molecule has 1 saturated heterocycles. The van der Waals surface area contributed by atoms with Gasteiger partial charge in [0.25, 0.3) is 5.56 Å². The van der Waals surface area contributed by atoms with E-state index in [1.165, 1.54) is 6.07 Å². The van der Waals surface area contributed by atoms with E-state index in [1.807, 2.05) is 11.8 Å². The third-order valence-corrected chi connectivity index (χ3v) is 2.99. The van der Waals surface area contributed by atoms with Crippen LogP contribution in [0.15, 0.2) is 10.9 Å². The number of β-amino-alcohol motifs (C(OH)–C–C–N with tert-alkyl or cyclic N) is 1. The number of aromatic nitrogens is 2. The summed E-state index contributed by atoms with van der Waals surface area (Å²) in [5.74, 6) is 0.610. The summed E-state index contributed by atoms with van der Waals surface area (Å²) >= 11 is 0. The van der Waals surface area contributed by atoms with E-state index >= 15 is 0 Å². The second-order valence-corrected chi connectivity index (χ2v) is 4.58. The van der Waals surface area contributed by atoms with Gasteiger partial charge in [-0.05, 0) is 13.8 Å². The number of hydrogen-bond acceptors (Lipinski definition) is 5. The number of H-pyrrole nitrogens is 1. The molecule has 1 aliphatic rings. The molecule has 2 N–H and O–H groups in total. The number of aryl methyl sites for hydroxylation is 1. The van der Waals surface area contributed by atoms with E-state index in [2.05, 4.69) is 9.97 Å². The lowest BCUT2D eigenvalue weighted by molar-refractivity contribution is -0.00245. The highest BCUT2D eigenvalue weighted by molar-refractivity contribution is 5.03. The fraction of sp³-hybridized carbons (Fsp3) is 0.667. The molecule has 6 nitrogen and oxygen atoms in total. The van der Waals surface area contributed by atoms with Crippen LogP contribution in [-0.2, 0) is 11.3 Å². The molecule has 2 atom stereocenters. The minimum absolute atomic E-state index is 0.140. The third kappa shape index (κ3) is 3.16. The summed E-state index contributed by atoms with van der Waals surface area (Å²) in [7, 11) is 0. The molecular formula is C12H19N3O3. The Morgan fingerprint density at radius 3 is 3.06 bits per heavy atom. The van der Waals surface area contributed by atoms with Crippen LogP contribution in [0.5, 0.6) is 0 Å². The Morgan fingerprint density at radius 1 is 1.61 bits per heavy atom. The standard InChI is InChI=1S/C12H19N3O3/c1-3-18-11-7-15(6-10(11)16)5-9-4-12(17)14-8(2)13-9/h4,10-11,16H,3,5-7H2,1-2H3,(H,13,14,17)/t10-,11-/m1/s1. The molecule has 0 spiro atoms. The van der Waals surface area contributed by atoms with E-state index in [0.717, 1.165) is 5.69 Å². The number of ether oxygens (including phenoxy) is 1. The van der Waals surface area contributed by atoms with Crippen molar-refractivity contribution in [1.82, 2.24) is 14.9 Å². The van der Waals surface area contributed by atoms with Crippen LogP contribution in [0.3, 0.4) is 0 Å². The molecule has 0 aliphatic carbocycles. The first kappa shape index (κ1) is 13.2. The highest BCUT2D eigenvalue weighted by atomic mass is 16.5. The molecule has 1 aromatic heterocycles. The first-order valence-corrected chi connectivity index (χ1v) is 6.17. The van der Waals surface area contributed by atoms with Gasteiger partial charge in [0.1, 0.15) is 5.82 Å². The van der Waals surface area contributed by atoms with E-state index in [0.29, 0.717) is 32.1 Å². The van der Waals surface area contributed by atoms with Crippen molar-refractivity contribution in [2.24, 2.45) is 0 Å². The van der Waals surface area contributed by atoms with E-state index < -0.39 is 6.10 Å². The topological polar surface area (TPSA) is 78.5 Å². The van der Waals surface area contributed by atoms with Crippen molar-refractivity contribution in [2.75, 3.05) is 19.7 Å². The summed E-state index contributed by atoms with van der Waals surface area (Å²) in [6.07, 6.45) is -0.605. The van der Waals surface area contributed by atoms with Crippen molar-refractivity contribution < 1.29 is 9.84 Å². The Kier molecular flexibility index (Phi) is 4.11. The minimum Gasteiger partial charge on any atom is -0.389 e. The lowest BCUT2D eigenvalue weighted by atomic mass is 10.3. The smallest absolute Gasteiger partial charge is 0.251 e. The van der Waals surface area contributed by atoms with E-state index in [-0.39, 0.29) is 11.7 Å². The lowest BCUT2D eigenvalue weighted by Gasteiger charge is -2.15. The second kappa shape index (κ2) is 5.60. The molecule has 0 saturated carbocycles. The predicted octanol–water partition coefficient (Wildman–Crippen LogP) is -0.340. The number of rotatable bonds is 4. The molecule has 18 heavy (non-hydrogen) atoms. The van der Waals surface area contributed by atoms with E-state index in [1.54, 1.807) is 6.92 Å². The number of nitrogens with one attached hydrogen (secondary N) is 1. The monoisotopic (exact) mass is 253 g/mol. The number of likely N-dealkylation sites (tertiary alicyclic amines) is 1. The molecule has 1 aliphatic heterocycles. The zero-order valence-electron chi connectivity index (χ0n) is 10.7. The molecule has 0 unspecified atom stereocenters. The van der Waals surface area contributed by atoms with Crippen LogP contribution in [0.2, 0.25) is 0 Å². The van der Waals surface area contributed by atoms with Gasteiger partial charge < -0.3 is 14.8 Å². The molecular weight excluding hydrogens is 234 g/mol. The maximum Gasteiger partial charge on any atom is 0.251 e. The van der Waals surface area contributed by atoms with Gasteiger partial charge in [-0.25, -0.2) is 4.98 Å². The Balaban J connectivity index is 2.00. The molecule has 6 heteroatoms. The fourth-order valence-corrected chi connectivity index (χ4v) is 2.29. The molecule has 100 valence electrons. The average molecular weight is 253 g/mol. The van der Waals surface area contributed by atoms with Crippen LogP contribution in [0.25, 0.3) is 0 Å². The number of aromatic amines is 1. The highest BCUT2D eigenvalue weighted by Gasteiger charge is 2.31. The average Bonchev–Trinajstić information content (AvgIpc) is 2.58. The summed E-state index contributed by atoms with van der Waals surface area (Å²) in [4.78, 5) is 20.3.